The minimum absolute atomic E-state index is 0.139. The summed E-state index contributed by atoms with van der Waals surface area (Å²) in [6, 6.07) is 5.82. The number of rotatable bonds is 3. The summed E-state index contributed by atoms with van der Waals surface area (Å²) in [7, 11) is 0. The number of nitrogens with two attached hydrogens (primary N) is 2. The number of anilines is 2. The Morgan fingerprint density at radius 2 is 1.92 bits per heavy atom. The lowest BCUT2D eigenvalue weighted by Crippen LogP contribution is -2.05. The predicted octanol–water partition coefficient (Wildman–Crippen LogP) is 3.01. The molecule has 0 atom stereocenters. The molecule has 3 aromatic rings. The molecule has 0 bridgehead atoms. The molecule has 0 fully saturated rings. The summed E-state index contributed by atoms with van der Waals surface area (Å²) in [5, 5.41) is 4.14. The van der Waals surface area contributed by atoms with Crippen molar-refractivity contribution in [3.63, 3.8) is 0 Å². The van der Waals surface area contributed by atoms with Crippen molar-refractivity contribution in [3.05, 3.63) is 30.1 Å². The van der Waals surface area contributed by atoms with Crippen LogP contribution >= 0.6 is 0 Å². The van der Waals surface area contributed by atoms with Gasteiger partial charge >= 0.3 is 0 Å². The largest absolute Gasteiger partial charge is 0.382 e. The average molecular weight is 323 g/mol. The molecule has 0 aliphatic rings. The Hall–Kier alpha value is -2.96. The molecule has 24 heavy (non-hydrogen) atoms. The number of fused-ring (bicyclic) bond motifs is 1. The number of aromatic nitrogens is 4. The van der Waals surface area contributed by atoms with E-state index in [1.54, 1.807) is 10.7 Å². The molecular weight excluding hydrogens is 302 g/mol. The van der Waals surface area contributed by atoms with Gasteiger partial charge in [0.25, 0.3) is 0 Å². The maximum absolute atomic E-state index is 6.01. The fourth-order valence-corrected chi connectivity index (χ4v) is 2.42. The number of hydrogen-bond donors (Lipinski definition) is 2. The molecule has 0 aromatic carbocycles. The zero-order valence-electron chi connectivity index (χ0n) is 14.3. The van der Waals surface area contributed by atoms with Crippen LogP contribution in [-0.4, -0.2) is 25.3 Å². The van der Waals surface area contributed by atoms with Gasteiger partial charge in [-0.2, -0.15) is 4.98 Å². The molecule has 0 aliphatic heterocycles. The van der Waals surface area contributed by atoms with Gasteiger partial charge in [0.1, 0.15) is 5.52 Å². The first kappa shape index (κ1) is 15.9. The summed E-state index contributed by atoms with van der Waals surface area (Å²) >= 11 is 0. The molecule has 124 valence electrons. The third-order valence-electron chi connectivity index (χ3n) is 4.02. The van der Waals surface area contributed by atoms with Crippen LogP contribution < -0.4 is 11.5 Å². The van der Waals surface area contributed by atoms with Gasteiger partial charge in [-0.3, -0.25) is 9.98 Å². The van der Waals surface area contributed by atoms with Crippen LogP contribution in [0.4, 0.5) is 17.5 Å². The standard InChI is InChI=1S/C17H21N7/c1-9(2)10(3)20-13-5-6-14(21-11(13)4)12-7-8-24-15(12)16(18)22-17(19)23-24/h5-9H,1-4H3,(H4,18,19,22,23). The summed E-state index contributed by atoms with van der Waals surface area (Å²) in [4.78, 5) is 13.4. The highest BCUT2D eigenvalue weighted by Gasteiger charge is 2.13. The second-order valence-electron chi connectivity index (χ2n) is 6.09. The predicted molar refractivity (Wildman–Crippen MR) is 97.4 cm³/mol. The van der Waals surface area contributed by atoms with Gasteiger partial charge in [-0.05, 0) is 38.0 Å². The summed E-state index contributed by atoms with van der Waals surface area (Å²) in [5.74, 6) is 0.877. The molecule has 7 nitrogen and oxygen atoms in total. The van der Waals surface area contributed by atoms with E-state index in [0.29, 0.717) is 17.3 Å². The molecule has 0 saturated heterocycles. The van der Waals surface area contributed by atoms with Gasteiger partial charge < -0.3 is 11.5 Å². The normalized spacial score (nSPS) is 12.3. The molecule has 0 spiro atoms. The van der Waals surface area contributed by atoms with Gasteiger partial charge in [0, 0.05) is 17.5 Å². The van der Waals surface area contributed by atoms with Crippen molar-refractivity contribution in [1.82, 2.24) is 19.6 Å². The van der Waals surface area contributed by atoms with Crippen molar-refractivity contribution in [2.24, 2.45) is 10.9 Å². The number of nitrogen functional groups attached to an aromatic ring is 2. The molecule has 3 aromatic heterocycles. The van der Waals surface area contributed by atoms with Crippen LogP contribution in [0.1, 0.15) is 26.5 Å². The van der Waals surface area contributed by atoms with Crippen molar-refractivity contribution in [2.45, 2.75) is 27.7 Å². The molecule has 0 radical (unpaired) electrons. The first-order chi connectivity index (χ1) is 11.4. The fraction of sp³-hybridized carbons (Fsp3) is 0.294. The number of aliphatic imine (C=N–C) groups is 1. The van der Waals surface area contributed by atoms with Gasteiger partial charge in [0.2, 0.25) is 5.95 Å². The minimum atomic E-state index is 0.139. The van der Waals surface area contributed by atoms with Crippen LogP contribution in [0.5, 0.6) is 0 Å². The fourth-order valence-electron chi connectivity index (χ4n) is 2.42. The molecule has 7 heteroatoms. The van der Waals surface area contributed by atoms with E-state index in [2.05, 4.69) is 33.9 Å². The highest BCUT2D eigenvalue weighted by atomic mass is 15.3. The smallest absolute Gasteiger partial charge is 0.240 e. The molecule has 3 heterocycles. The lowest BCUT2D eigenvalue weighted by Gasteiger charge is -2.08. The third kappa shape index (κ3) is 2.80. The lowest BCUT2D eigenvalue weighted by molar-refractivity contribution is 0.878. The quantitative estimate of drug-likeness (QED) is 0.720. The summed E-state index contributed by atoms with van der Waals surface area (Å²) < 4.78 is 1.62. The molecular formula is C17H21N7. The van der Waals surface area contributed by atoms with E-state index < -0.39 is 0 Å². The van der Waals surface area contributed by atoms with E-state index in [0.717, 1.165) is 28.4 Å². The van der Waals surface area contributed by atoms with Crippen molar-refractivity contribution >= 4 is 28.7 Å². The Labute approximate surface area is 140 Å². The molecule has 3 rings (SSSR count). The van der Waals surface area contributed by atoms with Crippen LogP contribution in [0, 0.1) is 12.8 Å². The van der Waals surface area contributed by atoms with Gasteiger partial charge in [-0.1, -0.05) is 13.8 Å². The molecule has 0 amide bonds. The Bertz CT molecular complexity index is 938. The maximum Gasteiger partial charge on any atom is 0.240 e. The van der Waals surface area contributed by atoms with E-state index in [-0.39, 0.29) is 5.95 Å². The second-order valence-corrected chi connectivity index (χ2v) is 6.09. The first-order valence-electron chi connectivity index (χ1n) is 7.80. The number of pyridine rings is 1. The van der Waals surface area contributed by atoms with Crippen LogP contribution in [0.25, 0.3) is 16.8 Å². The lowest BCUT2D eigenvalue weighted by atomic mass is 10.1. The van der Waals surface area contributed by atoms with Gasteiger partial charge in [-0.15, -0.1) is 5.10 Å². The van der Waals surface area contributed by atoms with Gasteiger partial charge in [-0.25, -0.2) is 4.52 Å². The van der Waals surface area contributed by atoms with Crippen molar-refractivity contribution in [1.29, 1.82) is 0 Å². The zero-order chi connectivity index (χ0) is 17.4. The minimum Gasteiger partial charge on any atom is -0.382 e. The van der Waals surface area contributed by atoms with Crippen molar-refractivity contribution in [3.8, 4) is 11.3 Å². The molecule has 0 unspecified atom stereocenters. The SMILES string of the molecule is CC(=Nc1ccc(-c2ccn3nc(N)nc(N)c23)nc1C)C(C)C. The van der Waals surface area contributed by atoms with E-state index in [9.17, 15) is 0 Å². The van der Waals surface area contributed by atoms with Crippen LogP contribution in [0.2, 0.25) is 0 Å². The Balaban J connectivity index is 2.09. The molecule has 0 saturated carbocycles. The molecule has 4 N–H and O–H groups in total. The first-order valence-corrected chi connectivity index (χ1v) is 7.80. The van der Waals surface area contributed by atoms with Crippen LogP contribution in [0.3, 0.4) is 0 Å². The second kappa shape index (κ2) is 5.92. The van der Waals surface area contributed by atoms with Crippen LogP contribution in [0.15, 0.2) is 29.4 Å². The van der Waals surface area contributed by atoms with Crippen molar-refractivity contribution < 1.29 is 0 Å². The van der Waals surface area contributed by atoms with E-state index in [4.69, 9.17) is 11.5 Å². The van der Waals surface area contributed by atoms with E-state index in [1.165, 1.54) is 0 Å². The Kier molecular flexibility index (Phi) is 3.92. The number of nitrogens with zero attached hydrogens (tertiary/aromatic N) is 5. The maximum atomic E-state index is 6.01. The summed E-state index contributed by atoms with van der Waals surface area (Å²) in [5.41, 5.74) is 16.8. The molecule has 0 aliphatic carbocycles. The highest BCUT2D eigenvalue weighted by Crippen LogP contribution is 2.29. The number of aryl methyl sites for hydroxylation is 1. The topological polar surface area (TPSA) is 107 Å². The summed E-state index contributed by atoms with van der Waals surface area (Å²) in [6.07, 6.45) is 1.80. The average Bonchev–Trinajstić information content (AvgIpc) is 2.93. The third-order valence-corrected chi connectivity index (χ3v) is 4.02. The highest BCUT2D eigenvalue weighted by molar-refractivity contribution is 5.88. The van der Waals surface area contributed by atoms with E-state index in [1.807, 2.05) is 32.0 Å². The van der Waals surface area contributed by atoms with E-state index >= 15 is 0 Å². The van der Waals surface area contributed by atoms with Gasteiger partial charge in [0.05, 0.1) is 17.1 Å². The monoisotopic (exact) mass is 323 g/mol. The number of hydrogen-bond acceptors (Lipinski definition) is 6. The van der Waals surface area contributed by atoms with Crippen molar-refractivity contribution in [2.75, 3.05) is 11.5 Å². The van der Waals surface area contributed by atoms with Gasteiger partial charge in [0.15, 0.2) is 5.82 Å². The zero-order valence-corrected chi connectivity index (χ0v) is 14.3. The Morgan fingerprint density at radius 1 is 1.17 bits per heavy atom. The summed E-state index contributed by atoms with van der Waals surface area (Å²) in [6.45, 7) is 8.23. The Morgan fingerprint density at radius 3 is 2.58 bits per heavy atom. The van der Waals surface area contributed by atoms with Crippen LogP contribution in [-0.2, 0) is 0 Å².